The van der Waals surface area contributed by atoms with E-state index in [1.54, 1.807) is 11.0 Å². The van der Waals surface area contributed by atoms with Crippen LogP contribution in [0.3, 0.4) is 0 Å². The van der Waals surface area contributed by atoms with E-state index in [0.717, 1.165) is 18.0 Å². The molecule has 1 aliphatic carbocycles. The lowest BCUT2D eigenvalue weighted by Gasteiger charge is -2.34. The van der Waals surface area contributed by atoms with Gasteiger partial charge in [0.25, 0.3) is 0 Å². The summed E-state index contributed by atoms with van der Waals surface area (Å²) in [7, 11) is 0. The average Bonchev–Trinajstić information content (AvgIpc) is 3.41. The van der Waals surface area contributed by atoms with E-state index in [-0.39, 0.29) is 12.0 Å². The number of carbonyl (C=O) groups excluding carboxylic acids is 1. The van der Waals surface area contributed by atoms with Crippen molar-refractivity contribution in [3.63, 3.8) is 0 Å². The van der Waals surface area contributed by atoms with Crippen LogP contribution in [0, 0.1) is 0 Å². The molecule has 7 heteroatoms. The third-order valence-corrected chi connectivity index (χ3v) is 7.28. The number of ether oxygens (including phenoxy) is 1. The van der Waals surface area contributed by atoms with Crippen molar-refractivity contribution < 1.29 is 19.4 Å². The van der Waals surface area contributed by atoms with E-state index in [1.807, 2.05) is 30.3 Å². The summed E-state index contributed by atoms with van der Waals surface area (Å²) < 4.78 is 5.77. The second-order valence-electron chi connectivity index (χ2n) is 8.14. The summed E-state index contributed by atoms with van der Waals surface area (Å²) in [5.74, 6) is -0.823. The van der Waals surface area contributed by atoms with Gasteiger partial charge in [0.15, 0.2) is 0 Å². The lowest BCUT2D eigenvalue weighted by Crippen LogP contribution is -2.48. The Morgan fingerprint density at radius 1 is 0.906 bits per heavy atom. The summed E-state index contributed by atoms with van der Waals surface area (Å²) >= 11 is 1.31. The Hall–Kier alpha value is -3.16. The first kappa shape index (κ1) is 20.7. The second-order valence-corrected chi connectivity index (χ2v) is 9.31. The van der Waals surface area contributed by atoms with Gasteiger partial charge in [0.1, 0.15) is 11.5 Å². The number of thiophene rings is 1. The molecule has 1 aliphatic heterocycles. The summed E-state index contributed by atoms with van der Waals surface area (Å²) in [6.45, 7) is 3.73. The number of piperazine rings is 1. The SMILES string of the molecule is O=C(O)c1ccc(CN2CCN(C(=O)OCC3c4ccccc4-c4ccccc43)CC2)s1. The normalized spacial score (nSPS) is 15.9. The van der Waals surface area contributed by atoms with Gasteiger partial charge in [-0.05, 0) is 34.4 Å². The third kappa shape index (κ3) is 4.01. The van der Waals surface area contributed by atoms with E-state index in [4.69, 9.17) is 9.84 Å². The third-order valence-electron chi connectivity index (χ3n) is 6.22. The largest absolute Gasteiger partial charge is 0.477 e. The van der Waals surface area contributed by atoms with Crippen LogP contribution in [0.4, 0.5) is 4.79 Å². The summed E-state index contributed by atoms with van der Waals surface area (Å²) in [5.41, 5.74) is 4.86. The lowest BCUT2D eigenvalue weighted by atomic mass is 9.98. The van der Waals surface area contributed by atoms with Gasteiger partial charge in [0, 0.05) is 43.5 Å². The minimum atomic E-state index is -0.888. The van der Waals surface area contributed by atoms with Gasteiger partial charge in [-0.3, -0.25) is 4.90 Å². The van der Waals surface area contributed by atoms with Crippen molar-refractivity contribution in [3.05, 3.63) is 81.5 Å². The van der Waals surface area contributed by atoms with E-state index in [9.17, 15) is 9.59 Å². The molecule has 0 spiro atoms. The van der Waals surface area contributed by atoms with E-state index in [0.29, 0.717) is 31.1 Å². The Kier molecular flexibility index (Phi) is 5.68. The van der Waals surface area contributed by atoms with Crippen LogP contribution in [-0.2, 0) is 11.3 Å². The highest BCUT2D eigenvalue weighted by Crippen LogP contribution is 2.44. The molecular formula is C25H24N2O4S. The minimum Gasteiger partial charge on any atom is -0.477 e. The number of carbonyl (C=O) groups is 2. The number of amides is 1. The number of rotatable bonds is 5. The minimum absolute atomic E-state index is 0.0647. The van der Waals surface area contributed by atoms with Gasteiger partial charge in [-0.15, -0.1) is 11.3 Å². The van der Waals surface area contributed by atoms with Gasteiger partial charge >= 0.3 is 12.1 Å². The number of benzene rings is 2. The van der Waals surface area contributed by atoms with E-state index < -0.39 is 5.97 Å². The van der Waals surface area contributed by atoms with Crippen LogP contribution in [0.5, 0.6) is 0 Å². The Labute approximate surface area is 190 Å². The summed E-state index contributed by atoms with van der Waals surface area (Å²) in [6.07, 6.45) is -0.268. The van der Waals surface area contributed by atoms with Gasteiger partial charge < -0.3 is 14.7 Å². The fraction of sp³-hybridized carbons (Fsp3) is 0.280. The molecule has 0 bridgehead atoms. The smallest absolute Gasteiger partial charge is 0.409 e. The standard InChI is InChI=1S/C25H24N2O4S/c28-24(29)23-10-9-17(32-23)15-26-11-13-27(14-12-26)25(30)31-16-22-20-7-3-1-5-18(20)19-6-2-4-8-21(19)22/h1-10,22H,11-16H2,(H,28,29). The van der Waals surface area contributed by atoms with Crippen molar-refractivity contribution >= 4 is 23.4 Å². The number of aromatic carboxylic acids is 1. The molecule has 0 saturated carbocycles. The first-order valence-electron chi connectivity index (χ1n) is 10.7. The van der Waals surface area contributed by atoms with Crippen LogP contribution in [0.15, 0.2) is 60.7 Å². The van der Waals surface area contributed by atoms with Crippen molar-refractivity contribution in [1.82, 2.24) is 9.80 Å². The molecule has 0 unspecified atom stereocenters. The molecular weight excluding hydrogens is 424 g/mol. The number of hydrogen-bond acceptors (Lipinski definition) is 5. The first-order valence-corrected chi connectivity index (χ1v) is 11.6. The van der Waals surface area contributed by atoms with Crippen molar-refractivity contribution in [2.75, 3.05) is 32.8 Å². The average molecular weight is 449 g/mol. The zero-order valence-corrected chi connectivity index (χ0v) is 18.4. The predicted molar refractivity (Wildman–Crippen MR) is 123 cm³/mol. The van der Waals surface area contributed by atoms with E-state index in [1.165, 1.54) is 33.6 Å². The Morgan fingerprint density at radius 3 is 2.12 bits per heavy atom. The lowest BCUT2D eigenvalue weighted by molar-refractivity contribution is 0.0699. The van der Waals surface area contributed by atoms with Gasteiger partial charge in [-0.2, -0.15) is 0 Å². The summed E-state index contributed by atoms with van der Waals surface area (Å²) in [5, 5.41) is 9.08. The highest BCUT2D eigenvalue weighted by Gasteiger charge is 2.30. The molecule has 1 aromatic heterocycles. The van der Waals surface area contributed by atoms with Crippen LogP contribution in [0.1, 0.15) is 31.6 Å². The van der Waals surface area contributed by atoms with Crippen LogP contribution >= 0.6 is 11.3 Å². The highest BCUT2D eigenvalue weighted by atomic mass is 32.1. The Balaban J connectivity index is 1.16. The topological polar surface area (TPSA) is 70.1 Å². The predicted octanol–water partition coefficient (Wildman–Crippen LogP) is 4.51. The molecule has 1 saturated heterocycles. The fourth-order valence-electron chi connectivity index (χ4n) is 4.57. The molecule has 164 valence electrons. The van der Waals surface area contributed by atoms with Gasteiger partial charge in [0.05, 0.1) is 0 Å². The fourth-order valence-corrected chi connectivity index (χ4v) is 5.46. The molecule has 0 atom stereocenters. The number of fused-ring (bicyclic) bond motifs is 3. The molecule has 32 heavy (non-hydrogen) atoms. The zero-order valence-electron chi connectivity index (χ0n) is 17.6. The molecule has 2 aromatic carbocycles. The van der Waals surface area contributed by atoms with Crippen LogP contribution < -0.4 is 0 Å². The number of carboxylic acids is 1. The van der Waals surface area contributed by atoms with Gasteiger partial charge in [0.2, 0.25) is 0 Å². The maximum atomic E-state index is 12.7. The van der Waals surface area contributed by atoms with Crippen LogP contribution in [-0.4, -0.2) is 59.8 Å². The van der Waals surface area contributed by atoms with Gasteiger partial charge in [-0.25, -0.2) is 9.59 Å². The Bertz CT molecular complexity index is 1100. The van der Waals surface area contributed by atoms with Crippen molar-refractivity contribution in [1.29, 1.82) is 0 Å². The molecule has 3 aromatic rings. The molecule has 0 radical (unpaired) electrons. The van der Waals surface area contributed by atoms with Crippen molar-refractivity contribution in [3.8, 4) is 11.1 Å². The molecule has 1 fully saturated rings. The van der Waals surface area contributed by atoms with Crippen LogP contribution in [0.2, 0.25) is 0 Å². The zero-order chi connectivity index (χ0) is 22.1. The molecule has 1 N–H and O–H groups in total. The van der Waals surface area contributed by atoms with Gasteiger partial charge in [-0.1, -0.05) is 48.5 Å². The first-order chi connectivity index (χ1) is 15.6. The number of nitrogens with zero attached hydrogens (tertiary/aromatic N) is 2. The monoisotopic (exact) mass is 448 g/mol. The van der Waals surface area contributed by atoms with Crippen molar-refractivity contribution in [2.45, 2.75) is 12.5 Å². The van der Waals surface area contributed by atoms with E-state index >= 15 is 0 Å². The molecule has 2 heterocycles. The summed E-state index contributed by atoms with van der Waals surface area (Å²) in [4.78, 5) is 29.2. The quantitative estimate of drug-likeness (QED) is 0.622. The van der Waals surface area contributed by atoms with Crippen molar-refractivity contribution in [2.24, 2.45) is 0 Å². The molecule has 1 amide bonds. The summed E-state index contributed by atoms with van der Waals surface area (Å²) in [6, 6.07) is 20.2. The highest BCUT2D eigenvalue weighted by molar-refractivity contribution is 7.13. The maximum absolute atomic E-state index is 12.7. The molecule has 5 rings (SSSR count). The number of carboxylic acid groups (broad SMARTS) is 1. The number of hydrogen-bond donors (Lipinski definition) is 1. The van der Waals surface area contributed by atoms with Crippen LogP contribution in [0.25, 0.3) is 11.1 Å². The van der Waals surface area contributed by atoms with E-state index in [2.05, 4.69) is 29.2 Å². The second kappa shape index (κ2) is 8.76. The molecule has 6 nitrogen and oxygen atoms in total. The molecule has 2 aliphatic rings. The maximum Gasteiger partial charge on any atom is 0.409 e. The Morgan fingerprint density at radius 2 is 1.53 bits per heavy atom.